The molecule has 2 unspecified atom stereocenters. The van der Waals surface area contributed by atoms with E-state index in [2.05, 4.69) is 0 Å². The lowest BCUT2D eigenvalue weighted by molar-refractivity contribution is 0.0579. The highest BCUT2D eigenvalue weighted by atomic mass is 35.5. The molecule has 1 aromatic rings. The summed E-state index contributed by atoms with van der Waals surface area (Å²) in [6.45, 7) is 4.18. The number of hydrogen-bond acceptors (Lipinski definition) is 2. The van der Waals surface area contributed by atoms with Crippen molar-refractivity contribution in [2.24, 2.45) is 5.92 Å². The Morgan fingerprint density at radius 3 is 2.82 bits per heavy atom. The van der Waals surface area contributed by atoms with E-state index < -0.39 is 11.9 Å². The van der Waals surface area contributed by atoms with E-state index in [0.29, 0.717) is 17.7 Å². The Bertz CT molecular complexity index is 459. The normalized spacial score (nSPS) is 24.0. The van der Waals surface area contributed by atoms with E-state index in [1.54, 1.807) is 6.92 Å². The maximum Gasteiger partial charge on any atom is 0.193 e. The van der Waals surface area contributed by atoms with Crippen LogP contribution in [-0.2, 0) is 4.74 Å². The molecule has 1 aliphatic heterocycles. The highest BCUT2D eigenvalue weighted by molar-refractivity contribution is 6.34. The molecule has 1 fully saturated rings. The Morgan fingerprint density at radius 2 is 2.24 bits per heavy atom. The molecule has 2 rings (SSSR count). The third-order valence-corrected chi connectivity index (χ3v) is 3.47. The quantitative estimate of drug-likeness (QED) is 0.758. The Balaban J connectivity index is 2.34. The number of carbonyl (C=O) groups is 1. The third kappa shape index (κ3) is 2.35. The zero-order valence-corrected chi connectivity index (χ0v) is 10.6. The average Bonchev–Trinajstić information content (AvgIpc) is 2.69. The lowest BCUT2D eigenvalue weighted by Gasteiger charge is -2.14. The van der Waals surface area contributed by atoms with Crippen LogP contribution in [0.4, 0.5) is 4.39 Å². The van der Waals surface area contributed by atoms with Crippen molar-refractivity contribution in [3.8, 4) is 0 Å². The maximum atomic E-state index is 13.2. The topological polar surface area (TPSA) is 26.3 Å². The van der Waals surface area contributed by atoms with Crippen molar-refractivity contribution in [1.29, 1.82) is 0 Å². The number of rotatable bonds is 2. The highest BCUT2D eigenvalue weighted by Crippen LogP contribution is 2.28. The molecule has 1 heterocycles. The van der Waals surface area contributed by atoms with Crippen LogP contribution in [0.3, 0.4) is 0 Å². The van der Waals surface area contributed by atoms with E-state index in [1.165, 1.54) is 12.1 Å². The van der Waals surface area contributed by atoms with E-state index in [-0.39, 0.29) is 16.7 Å². The first-order chi connectivity index (χ1) is 8.00. The first-order valence-corrected chi connectivity index (χ1v) is 6.00. The molecule has 17 heavy (non-hydrogen) atoms. The van der Waals surface area contributed by atoms with Crippen LogP contribution in [0.1, 0.15) is 29.3 Å². The van der Waals surface area contributed by atoms with Gasteiger partial charge in [0.2, 0.25) is 0 Å². The summed E-state index contributed by atoms with van der Waals surface area (Å²) >= 11 is 5.91. The van der Waals surface area contributed by atoms with Crippen LogP contribution in [0.5, 0.6) is 0 Å². The van der Waals surface area contributed by atoms with Crippen molar-refractivity contribution >= 4 is 17.4 Å². The monoisotopic (exact) mass is 256 g/mol. The van der Waals surface area contributed by atoms with E-state index in [0.717, 1.165) is 6.42 Å². The van der Waals surface area contributed by atoms with Crippen LogP contribution in [0.15, 0.2) is 12.1 Å². The summed E-state index contributed by atoms with van der Waals surface area (Å²) in [5, 5.41) is 0.154. The number of aryl methyl sites for hydroxylation is 1. The second-order valence-corrected chi connectivity index (χ2v) is 4.91. The van der Waals surface area contributed by atoms with Gasteiger partial charge >= 0.3 is 0 Å². The molecule has 2 nitrogen and oxygen atoms in total. The van der Waals surface area contributed by atoms with Crippen LogP contribution in [0, 0.1) is 18.7 Å². The molecular formula is C13H14ClFO2. The number of hydrogen-bond donors (Lipinski definition) is 0. The summed E-state index contributed by atoms with van der Waals surface area (Å²) in [5.41, 5.74) is 0.771. The number of Topliss-reactive ketones (excluding diaryl/α,β-unsaturated/α-hetero) is 1. The fraction of sp³-hybridized carbons (Fsp3) is 0.462. The van der Waals surface area contributed by atoms with Crippen LogP contribution in [-0.4, -0.2) is 18.5 Å². The molecule has 1 aromatic carbocycles. The first kappa shape index (κ1) is 12.5. The lowest BCUT2D eigenvalue weighted by Crippen LogP contribution is -2.25. The van der Waals surface area contributed by atoms with Crippen molar-refractivity contribution in [3.05, 3.63) is 34.1 Å². The minimum Gasteiger partial charge on any atom is -0.370 e. The summed E-state index contributed by atoms with van der Waals surface area (Å²) in [7, 11) is 0. The van der Waals surface area contributed by atoms with Crippen molar-refractivity contribution in [2.45, 2.75) is 26.4 Å². The Kier molecular flexibility index (Phi) is 3.50. The van der Waals surface area contributed by atoms with Gasteiger partial charge in [-0.05, 0) is 37.0 Å². The second kappa shape index (κ2) is 4.75. The van der Waals surface area contributed by atoms with Gasteiger partial charge in [-0.15, -0.1) is 0 Å². The molecule has 0 amide bonds. The van der Waals surface area contributed by atoms with Gasteiger partial charge in [-0.1, -0.05) is 18.5 Å². The van der Waals surface area contributed by atoms with Crippen molar-refractivity contribution in [2.75, 3.05) is 6.61 Å². The summed E-state index contributed by atoms with van der Waals surface area (Å²) in [6.07, 6.45) is 0.422. The summed E-state index contributed by atoms with van der Waals surface area (Å²) in [5.74, 6) is -0.362. The fourth-order valence-corrected chi connectivity index (χ4v) is 2.27. The number of benzene rings is 1. The molecule has 0 aromatic heterocycles. The molecule has 1 aliphatic rings. The first-order valence-electron chi connectivity index (χ1n) is 5.62. The summed E-state index contributed by atoms with van der Waals surface area (Å²) in [6, 6.07) is 2.68. The van der Waals surface area contributed by atoms with Gasteiger partial charge in [0.05, 0.1) is 5.02 Å². The predicted octanol–water partition coefficient (Wildman–Crippen LogP) is 3.40. The third-order valence-electron chi connectivity index (χ3n) is 3.16. The Morgan fingerprint density at radius 1 is 1.53 bits per heavy atom. The minimum atomic E-state index is -0.447. The van der Waals surface area contributed by atoms with Gasteiger partial charge in [-0.3, -0.25) is 4.79 Å². The van der Waals surface area contributed by atoms with Gasteiger partial charge in [0, 0.05) is 12.2 Å². The van der Waals surface area contributed by atoms with Crippen LogP contribution in [0.25, 0.3) is 0 Å². The van der Waals surface area contributed by atoms with Gasteiger partial charge in [0.1, 0.15) is 11.9 Å². The standard InChI is InChI=1S/C13H14ClFO2/c1-7-3-4-17-13(7)12(16)9-5-8(2)11(15)6-10(9)14/h5-7,13H,3-4H2,1-2H3. The van der Waals surface area contributed by atoms with E-state index in [4.69, 9.17) is 16.3 Å². The Hall–Kier alpha value is -0.930. The van der Waals surface area contributed by atoms with Gasteiger partial charge in [-0.25, -0.2) is 4.39 Å². The summed E-state index contributed by atoms with van der Waals surface area (Å²) in [4.78, 5) is 12.2. The Labute approximate surface area is 105 Å². The SMILES string of the molecule is Cc1cc(C(=O)C2OCCC2C)c(Cl)cc1F. The smallest absolute Gasteiger partial charge is 0.193 e. The van der Waals surface area contributed by atoms with E-state index in [9.17, 15) is 9.18 Å². The molecule has 92 valence electrons. The molecule has 2 atom stereocenters. The molecule has 0 N–H and O–H groups in total. The zero-order chi connectivity index (χ0) is 12.6. The van der Waals surface area contributed by atoms with Gasteiger partial charge in [0.15, 0.2) is 5.78 Å². The summed E-state index contributed by atoms with van der Waals surface area (Å²) < 4.78 is 18.7. The lowest BCUT2D eigenvalue weighted by atomic mass is 9.95. The minimum absolute atomic E-state index is 0.150. The second-order valence-electron chi connectivity index (χ2n) is 4.50. The number of ketones is 1. The van der Waals surface area contributed by atoms with Gasteiger partial charge in [-0.2, -0.15) is 0 Å². The predicted molar refractivity (Wildman–Crippen MR) is 64.0 cm³/mol. The van der Waals surface area contributed by atoms with Gasteiger partial charge in [0.25, 0.3) is 0 Å². The van der Waals surface area contributed by atoms with Crippen LogP contribution < -0.4 is 0 Å². The number of ether oxygens (including phenoxy) is 1. The molecular weight excluding hydrogens is 243 g/mol. The fourth-order valence-electron chi connectivity index (χ4n) is 2.03. The molecule has 1 saturated heterocycles. The average molecular weight is 257 g/mol. The van der Waals surface area contributed by atoms with Crippen molar-refractivity contribution < 1.29 is 13.9 Å². The van der Waals surface area contributed by atoms with Crippen molar-refractivity contribution in [1.82, 2.24) is 0 Å². The number of carbonyl (C=O) groups excluding carboxylic acids is 1. The van der Waals surface area contributed by atoms with Crippen molar-refractivity contribution in [3.63, 3.8) is 0 Å². The van der Waals surface area contributed by atoms with E-state index in [1.807, 2.05) is 6.92 Å². The largest absolute Gasteiger partial charge is 0.370 e. The van der Waals surface area contributed by atoms with Gasteiger partial charge < -0.3 is 4.74 Å². The zero-order valence-electron chi connectivity index (χ0n) is 9.80. The molecule has 0 saturated carbocycles. The van der Waals surface area contributed by atoms with Crippen LogP contribution in [0.2, 0.25) is 5.02 Å². The highest BCUT2D eigenvalue weighted by Gasteiger charge is 2.32. The molecule has 0 spiro atoms. The number of halogens is 2. The molecule has 0 radical (unpaired) electrons. The molecule has 0 aliphatic carbocycles. The molecule has 4 heteroatoms. The molecule has 0 bridgehead atoms. The maximum absolute atomic E-state index is 13.2. The van der Waals surface area contributed by atoms with Crippen LogP contribution >= 0.6 is 11.6 Å². The van der Waals surface area contributed by atoms with E-state index >= 15 is 0 Å².